The number of nitrogens with one attached hydrogen (secondary N) is 1. The van der Waals surface area contributed by atoms with Gasteiger partial charge in [0.15, 0.2) is 23.1 Å². The summed E-state index contributed by atoms with van der Waals surface area (Å²) >= 11 is 3.26. The maximum absolute atomic E-state index is 13.5. The Balaban J connectivity index is 1.67. The first-order chi connectivity index (χ1) is 20.0. The molecule has 0 bridgehead atoms. The Kier molecular flexibility index (Phi) is 9.81. The molecule has 0 fully saturated rings. The van der Waals surface area contributed by atoms with E-state index in [1.807, 2.05) is 20.8 Å². The van der Waals surface area contributed by atoms with Crippen LogP contribution in [0.2, 0.25) is 0 Å². The van der Waals surface area contributed by atoms with E-state index in [1.54, 1.807) is 36.4 Å². The zero-order chi connectivity index (χ0) is 30.3. The maximum Gasteiger partial charge on any atom is 0.316 e. The molecule has 0 saturated carbocycles. The number of benzene rings is 2. The molecule has 2 aromatic heterocycles. The van der Waals surface area contributed by atoms with Crippen molar-refractivity contribution in [2.24, 2.45) is 0 Å². The van der Waals surface area contributed by atoms with Crippen LogP contribution in [0, 0.1) is 0 Å². The first-order valence-corrected chi connectivity index (χ1v) is 15.0. The number of para-hydroxylation sites is 2. The molecule has 4 aromatic rings. The number of nitrogens with zero attached hydrogens (tertiary/aromatic N) is 4. The van der Waals surface area contributed by atoms with Crippen LogP contribution in [0.3, 0.4) is 0 Å². The number of sulfonamides is 1. The van der Waals surface area contributed by atoms with Crippen LogP contribution in [-0.4, -0.2) is 53.8 Å². The summed E-state index contributed by atoms with van der Waals surface area (Å²) in [7, 11) is -2.68. The molecule has 0 aliphatic carbocycles. The highest BCUT2D eigenvalue weighted by molar-refractivity contribution is 9.10. The summed E-state index contributed by atoms with van der Waals surface area (Å²) in [5.74, 6) is -0.00783. The lowest BCUT2D eigenvalue weighted by Gasteiger charge is -2.20. The zero-order valence-corrected chi connectivity index (χ0v) is 25.8. The van der Waals surface area contributed by atoms with Crippen molar-refractivity contribution in [2.45, 2.75) is 37.7 Å². The highest BCUT2D eigenvalue weighted by Gasteiger charge is 2.25. The average molecular weight is 661 g/mol. The van der Waals surface area contributed by atoms with Gasteiger partial charge in [-0.3, -0.25) is 4.72 Å². The van der Waals surface area contributed by atoms with Crippen LogP contribution in [-0.2, 0) is 22.0 Å². The van der Waals surface area contributed by atoms with Gasteiger partial charge in [-0.05, 0) is 51.2 Å². The lowest BCUT2D eigenvalue weighted by Crippen LogP contribution is -2.18. The highest BCUT2D eigenvalue weighted by Crippen LogP contribution is 2.40. The molecule has 222 valence electrons. The molecule has 2 heterocycles. The van der Waals surface area contributed by atoms with E-state index < -0.39 is 16.6 Å². The van der Waals surface area contributed by atoms with E-state index in [2.05, 4.69) is 40.6 Å². The van der Waals surface area contributed by atoms with Crippen molar-refractivity contribution in [3.8, 4) is 29.1 Å². The monoisotopic (exact) mass is 659 g/mol. The lowest BCUT2D eigenvalue weighted by molar-refractivity contribution is 0.195. The van der Waals surface area contributed by atoms with Gasteiger partial charge in [-0.15, -0.1) is 0 Å². The molecule has 2 aromatic carbocycles. The van der Waals surface area contributed by atoms with Gasteiger partial charge in [-0.2, -0.15) is 4.98 Å². The standard InChI is InChI=1S/C28H30BrN5O7S/c1-28(2,3)18-9-11-20(12-10-18)42(36,37)34-25-24(41-22-8-6-5-7-21(22)38-4)26(33-23(17-35)32-25)39-13-14-40-27-30-15-19(29)16-31-27/h5-12,15-16,35H,13-14,17H2,1-4H3,(H,32,33,34). The number of aliphatic hydroxyl groups is 1. The summed E-state index contributed by atoms with van der Waals surface area (Å²) in [6.07, 6.45) is 3.07. The topological polar surface area (TPSA) is 155 Å². The molecule has 14 heteroatoms. The molecule has 0 aliphatic heterocycles. The molecule has 0 saturated heterocycles. The Morgan fingerprint density at radius 1 is 0.929 bits per heavy atom. The summed E-state index contributed by atoms with van der Waals surface area (Å²) in [6.45, 7) is 5.48. The normalized spacial score (nSPS) is 11.6. The summed E-state index contributed by atoms with van der Waals surface area (Å²) in [4.78, 5) is 16.5. The van der Waals surface area contributed by atoms with E-state index in [4.69, 9.17) is 18.9 Å². The van der Waals surface area contributed by atoms with Crippen LogP contribution in [0.4, 0.5) is 5.82 Å². The first kappa shape index (κ1) is 30.9. The van der Waals surface area contributed by atoms with Crippen molar-refractivity contribution in [3.63, 3.8) is 0 Å². The zero-order valence-electron chi connectivity index (χ0n) is 23.4. The lowest BCUT2D eigenvalue weighted by atomic mass is 9.87. The number of aliphatic hydroxyl groups excluding tert-OH is 1. The number of halogens is 1. The third-order valence-corrected chi connectivity index (χ3v) is 7.48. The van der Waals surface area contributed by atoms with Crippen molar-refractivity contribution in [1.29, 1.82) is 0 Å². The van der Waals surface area contributed by atoms with Crippen molar-refractivity contribution in [2.75, 3.05) is 25.0 Å². The molecule has 12 nitrogen and oxygen atoms in total. The van der Waals surface area contributed by atoms with Gasteiger partial charge in [-0.1, -0.05) is 45.0 Å². The Labute approximate surface area is 252 Å². The van der Waals surface area contributed by atoms with Crippen LogP contribution >= 0.6 is 15.9 Å². The fourth-order valence-corrected chi connectivity index (χ4v) is 4.79. The molecule has 42 heavy (non-hydrogen) atoms. The summed E-state index contributed by atoms with van der Waals surface area (Å²) < 4.78 is 52.9. The fraction of sp³-hybridized carbons (Fsp3) is 0.286. The Morgan fingerprint density at radius 3 is 2.19 bits per heavy atom. The van der Waals surface area contributed by atoms with Gasteiger partial charge >= 0.3 is 6.01 Å². The number of anilines is 1. The number of rotatable bonds is 12. The summed E-state index contributed by atoms with van der Waals surface area (Å²) in [5.41, 5.74) is 0.811. The Bertz CT molecular complexity index is 1610. The largest absolute Gasteiger partial charge is 0.493 e. The maximum atomic E-state index is 13.5. The fourth-order valence-electron chi connectivity index (χ4n) is 3.58. The van der Waals surface area contributed by atoms with Gasteiger partial charge in [0, 0.05) is 12.4 Å². The summed E-state index contributed by atoms with van der Waals surface area (Å²) in [5, 5.41) is 9.85. The van der Waals surface area contributed by atoms with E-state index in [0.29, 0.717) is 10.2 Å². The SMILES string of the molecule is COc1ccccc1Oc1c(NS(=O)(=O)c2ccc(C(C)(C)C)cc2)nc(CO)nc1OCCOc1ncc(Br)cn1. The summed E-state index contributed by atoms with van der Waals surface area (Å²) in [6, 6.07) is 13.4. The van der Waals surface area contributed by atoms with Gasteiger partial charge in [0.25, 0.3) is 15.9 Å². The van der Waals surface area contributed by atoms with Gasteiger partial charge in [0.1, 0.15) is 19.8 Å². The quantitative estimate of drug-likeness (QED) is 0.200. The third-order valence-electron chi connectivity index (χ3n) is 5.71. The molecular formula is C28H30BrN5O7S. The number of aromatic nitrogens is 4. The predicted molar refractivity (Wildman–Crippen MR) is 158 cm³/mol. The number of hydrogen-bond acceptors (Lipinski definition) is 11. The van der Waals surface area contributed by atoms with E-state index in [1.165, 1.54) is 31.6 Å². The molecule has 0 aliphatic rings. The minimum Gasteiger partial charge on any atom is -0.493 e. The minimum absolute atomic E-state index is 0.00766. The molecule has 2 N–H and O–H groups in total. The number of hydrogen-bond donors (Lipinski definition) is 2. The molecule has 4 rings (SSSR count). The van der Waals surface area contributed by atoms with Crippen molar-refractivity contribution < 1.29 is 32.5 Å². The molecule has 0 spiro atoms. The van der Waals surface area contributed by atoms with Gasteiger partial charge < -0.3 is 24.1 Å². The van der Waals surface area contributed by atoms with E-state index in [0.717, 1.165) is 5.56 Å². The third kappa shape index (κ3) is 7.84. The Morgan fingerprint density at radius 2 is 1.57 bits per heavy atom. The average Bonchev–Trinajstić information content (AvgIpc) is 2.97. The smallest absolute Gasteiger partial charge is 0.316 e. The molecule has 0 atom stereocenters. The van der Waals surface area contributed by atoms with Crippen LogP contribution in [0.25, 0.3) is 0 Å². The van der Waals surface area contributed by atoms with E-state index in [9.17, 15) is 13.5 Å². The van der Waals surface area contributed by atoms with E-state index in [-0.39, 0.29) is 58.6 Å². The van der Waals surface area contributed by atoms with Crippen LogP contribution < -0.4 is 23.7 Å². The molecular weight excluding hydrogens is 630 g/mol. The van der Waals surface area contributed by atoms with Gasteiger partial charge in [0.2, 0.25) is 5.75 Å². The van der Waals surface area contributed by atoms with Crippen LogP contribution in [0.1, 0.15) is 32.2 Å². The van der Waals surface area contributed by atoms with Gasteiger partial charge in [-0.25, -0.2) is 23.4 Å². The van der Waals surface area contributed by atoms with Crippen molar-refractivity contribution in [3.05, 3.63) is 76.8 Å². The van der Waals surface area contributed by atoms with E-state index >= 15 is 0 Å². The second-order valence-corrected chi connectivity index (χ2v) is 12.4. The molecule has 0 radical (unpaired) electrons. The van der Waals surface area contributed by atoms with Gasteiger partial charge in [0.05, 0.1) is 16.5 Å². The number of methoxy groups -OCH3 is 1. The minimum atomic E-state index is -4.15. The highest BCUT2D eigenvalue weighted by atomic mass is 79.9. The second kappa shape index (κ2) is 13.3. The van der Waals surface area contributed by atoms with Crippen LogP contribution in [0.5, 0.6) is 29.1 Å². The molecule has 0 unspecified atom stereocenters. The van der Waals surface area contributed by atoms with Crippen LogP contribution in [0.15, 0.2) is 70.3 Å². The first-order valence-electron chi connectivity index (χ1n) is 12.7. The van der Waals surface area contributed by atoms with Crippen molar-refractivity contribution in [1.82, 2.24) is 19.9 Å². The number of ether oxygens (including phenoxy) is 4. The van der Waals surface area contributed by atoms with Crippen molar-refractivity contribution >= 4 is 31.8 Å². The predicted octanol–water partition coefficient (Wildman–Crippen LogP) is 4.88. The molecule has 0 amide bonds. The second-order valence-electron chi connectivity index (χ2n) is 9.79. The Hall–Kier alpha value is -4.01.